The van der Waals surface area contributed by atoms with Crippen molar-refractivity contribution in [2.45, 2.75) is 85.0 Å². The molecule has 0 aromatic heterocycles. The van der Waals surface area contributed by atoms with Crippen LogP contribution in [0.3, 0.4) is 0 Å². The van der Waals surface area contributed by atoms with E-state index in [0.717, 1.165) is 9.28 Å². The molecule has 0 spiro atoms. The normalized spacial score (nSPS) is 10.0. The van der Waals surface area contributed by atoms with Gasteiger partial charge in [0.2, 0.25) is 0 Å². The lowest BCUT2D eigenvalue weighted by Gasteiger charge is -2.03. The van der Waals surface area contributed by atoms with Gasteiger partial charge < -0.3 is 5.11 Å². The summed E-state index contributed by atoms with van der Waals surface area (Å²) in [6.45, 7) is 5.55. The van der Waals surface area contributed by atoms with Crippen LogP contribution in [0, 0.1) is 18.3 Å². The lowest BCUT2D eigenvalue weighted by atomic mass is 10.1. The SMILES string of the molecule is C#CCSC(=S)SCCCCCCCCCCCC.CC(C)C(=O)O. The van der Waals surface area contributed by atoms with Crippen molar-refractivity contribution in [1.29, 1.82) is 0 Å². The zero-order valence-corrected chi connectivity index (χ0v) is 18.7. The molecule has 0 saturated carbocycles. The number of thiocarbonyl (C=S) groups is 1. The third kappa shape index (κ3) is 26.2. The summed E-state index contributed by atoms with van der Waals surface area (Å²) in [7, 11) is 0. The van der Waals surface area contributed by atoms with Gasteiger partial charge in [-0.2, -0.15) is 0 Å². The molecule has 0 heterocycles. The molecule has 0 rings (SSSR count). The van der Waals surface area contributed by atoms with Crippen molar-refractivity contribution in [3.8, 4) is 12.3 Å². The fourth-order valence-electron chi connectivity index (χ4n) is 1.89. The maximum absolute atomic E-state index is 9.70. The van der Waals surface area contributed by atoms with Gasteiger partial charge in [-0.3, -0.25) is 4.79 Å². The second-order valence-electron chi connectivity index (χ2n) is 6.27. The van der Waals surface area contributed by atoms with Gasteiger partial charge in [0.05, 0.1) is 11.7 Å². The molecule has 0 radical (unpaired) electrons. The summed E-state index contributed by atoms with van der Waals surface area (Å²) in [6, 6.07) is 0. The maximum atomic E-state index is 9.70. The van der Waals surface area contributed by atoms with Crippen LogP contribution in [0.4, 0.5) is 0 Å². The molecule has 0 aromatic carbocycles. The molecular formula is C20H36O2S3. The highest BCUT2D eigenvalue weighted by Crippen LogP contribution is 2.19. The zero-order valence-electron chi connectivity index (χ0n) is 16.2. The van der Waals surface area contributed by atoms with Crippen LogP contribution < -0.4 is 0 Å². The summed E-state index contributed by atoms with van der Waals surface area (Å²) >= 11 is 8.63. The summed E-state index contributed by atoms with van der Waals surface area (Å²) in [4.78, 5) is 9.70. The second kappa shape index (κ2) is 21.9. The van der Waals surface area contributed by atoms with Gasteiger partial charge in [-0.25, -0.2) is 0 Å². The molecule has 0 unspecified atom stereocenters. The first-order chi connectivity index (χ1) is 12.0. The largest absolute Gasteiger partial charge is 0.481 e. The van der Waals surface area contributed by atoms with Gasteiger partial charge in [-0.1, -0.05) is 108 Å². The molecule has 25 heavy (non-hydrogen) atoms. The quantitative estimate of drug-likeness (QED) is 0.203. The number of terminal acetylenes is 1. The number of carbonyl (C=O) groups is 1. The van der Waals surface area contributed by atoms with Crippen molar-refractivity contribution in [2.75, 3.05) is 11.5 Å². The number of aliphatic carboxylic acids is 1. The first-order valence-electron chi connectivity index (χ1n) is 9.41. The maximum Gasteiger partial charge on any atom is 0.305 e. The van der Waals surface area contributed by atoms with Gasteiger partial charge in [-0.15, -0.1) is 18.2 Å². The number of carboxylic acid groups (broad SMARTS) is 1. The highest BCUT2D eigenvalue weighted by Gasteiger charge is 1.99. The predicted molar refractivity (Wildman–Crippen MR) is 121 cm³/mol. The number of rotatable bonds is 13. The Balaban J connectivity index is 0. The van der Waals surface area contributed by atoms with Gasteiger partial charge in [0.1, 0.15) is 3.53 Å². The van der Waals surface area contributed by atoms with E-state index in [4.69, 9.17) is 23.7 Å². The minimum atomic E-state index is -0.741. The highest BCUT2D eigenvalue weighted by atomic mass is 32.2. The minimum absolute atomic E-state index is 0.231. The van der Waals surface area contributed by atoms with Gasteiger partial charge in [0.25, 0.3) is 0 Å². The Morgan fingerprint density at radius 3 is 1.84 bits per heavy atom. The standard InChI is InChI=1S/C16H28S3.C4H8O2/c1-3-5-6-7-8-9-10-11-12-13-15-19-16(17)18-14-4-2;1-3(2)4(5)6/h2H,3,5-15H2,1H3;3H,1-2H3,(H,5,6). The molecule has 0 aliphatic heterocycles. The molecule has 2 nitrogen and oxygen atoms in total. The molecule has 0 aromatic rings. The van der Waals surface area contributed by atoms with Crippen molar-refractivity contribution in [3.63, 3.8) is 0 Å². The molecule has 0 amide bonds. The third-order valence-electron chi connectivity index (χ3n) is 3.49. The first-order valence-corrected chi connectivity index (χ1v) is 11.8. The predicted octanol–water partition coefficient (Wildman–Crippen LogP) is 7.02. The lowest BCUT2D eigenvalue weighted by Crippen LogP contribution is -2.03. The van der Waals surface area contributed by atoms with Crippen LogP contribution in [-0.4, -0.2) is 26.1 Å². The van der Waals surface area contributed by atoms with Crippen LogP contribution >= 0.6 is 35.7 Å². The van der Waals surface area contributed by atoms with Crippen LogP contribution in [0.1, 0.15) is 85.0 Å². The molecule has 0 aliphatic carbocycles. The van der Waals surface area contributed by atoms with Crippen molar-refractivity contribution in [2.24, 2.45) is 5.92 Å². The topological polar surface area (TPSA) is 37.3 Å². The molecule has 0 aliphatic rings. The van der Waals surface area contributed by atoms with Crippen LogP contribution in [-0.2, 0) is 4.79 Å². The Morgan fingerprint density at radius 2 is 1.44 bits per heavy atom. The molecular weight excluding hydrogens is 368 g/mol. The average molecular weight is 405 g/mol. The molecule has 5 heteroatoms. The zero-order chi connectivity index (χ0) is 19.3. The Kier molecular flexibility index (Phi) is 23.6. The van der Waals surface area contributed by atoms with Crippen molar-refractivity contribution >= 4 is 45.2 Å². The van der Waals surface area contributed by atoms with E-state index in [1.807, 2.05) is 0 Å². The summed E-state index contributed by atoms with van der Waals surface area (Å²) in [5.74, 6) is 3.50. The van der Waals surface area contributed by atoms with Crippen LogP contribution in [0.25, 0.3) is 0 Å². The fourth-order valence-corrected chi connectivity index (χ4v) is 3.79. The lowest BCUT2D eigenvalue weighted by molar-refractivity contribution is -0.140. The molecule has 0 saturated heterocycles. The number of hydrogen-bond acceptors (Lipinski definition) is 4. The van der Waals surface area contributed by atoms with Gasteiger partial charge in [-0.05, 0) is 12.2 Å². The molecule has 1 N–H and O–H groups in total. The van der Waals surface area contributed by atoms with E-state index in [9.17, 15) is 4.79 Å². The Labute approximate surface area is 169 Å². The van der Waals surface area contributed by atoms with Gasteiger partial charge >= 0.3 is 5.97 Å². The summed E-state index contributed by atoms with van der Waals surface area (Å²) in [5.41, 5.74) is 0. The van der Waals surface area contributed by atoms with Gasteiger partial charge in [0.15, 0.2) is 0 Å². The Bertz CT molecular complexity index is 362. The first kappa shape index (κ1) is 27.0. The fraction of sp³-hybridized carbons (Fsp3) is 0.800. The molecule has 146 valence electrons. The summed E-state index contributed by atoms with van der Waals surface area (Å²) in [5, 5.41) is 7.99. The number of thioether (sulfide) groups is 2. The van der Waals surface area contributed by atoms with Crippen LogP contribution in [0.5, 0.6) is 0 Å². The summed E-state index contributed by atoms with van der Waals surface area (Å²) in [6.07, 6.45) is 19.1. The highest BCUT2D eigenvalue weighted by molar-refractivity contribution is 8.47. The van der Waals surface area contributed by atoms with Crippen LogP contribution in [0.15, 0.2) is 0 Å². The van der Waals surface area contributed by atoms with Crippen molar-refractivity contribution in [1.82, 2.24) is 0 Å². The van der Waals surface area contributed by atoms with Crippen LogP contribution in [0.2, 0.25) is 0 Å². The van der Waals surface area contributed by atoms with E-state index in [2.05, 4.69) is 12.8 Å². The number of carboxylic acids is 1. The van der Waals surface area contributed by atoms with Crippen molar-refractivity contribution in [3.05, 3.63) is 0 Å². The van der Waals surface area contributed by atoms with E-state index in [-0.39, 0.29) is 5.92 Å². The third-order valence-corrected chi connectivity index (χ3v) is 6.17. The Hall–Kier alpha value is -0.180. The van der Waals surface area contributed by atoms with E-state index < -0.39 is 5.97 Å². The van der Waals surface area contributed by atoms with Crippen molar-refractivity contribution < 1.29 is 9.90 Å². The summed E-state index contributed by atoms with van der Waals surface area (Å²) < 4.78 is 1.01. The Morgan fingerprint density at radius 1 is 1.00 bits per heavy atom. The number of hydrogen-bond donors (Lipinski definition) is 1. The van der Waals surface area contributed by atoms with E-state index in [1.54, 1.807) is 37.4 Å². The average Bonchev–Trinajstić information content (AvgIpc) is 2.58. The van der Waals surface area contributed by atoms with Gasteiger partial charge in [0, 0.05) is 0 Å². The molecule has 0 bridgehead atoms. The molecule has 0 atom stereocenters. The van der Waals surface area contributed by atoms with E-state index >= 15 is 0 Å². The van der Waals surface area contributed by atoms with E-state index in [0.29, 0.717) is 5.75 Å². The molecule has 0 fully saturated rings. The minimum Gasteiger partial charge on any atom is -0.481 e. The smallest absolute Gasteiger partial charge is 0.305 e. The van der Waals surface area contributed by atoms with E-state index in [1.165, 1.54) is 64.2 Å². The second-order valence-corrected chi connectivity index (χ2v) is 9.54. The number of unbranched alkanes of at least 4 members (excludes halogenated alkanes) is 9. The monoisotopic (exact) mass is 404 g/mol.